The van der Waals surface area contributed by atoms with Crippen LogP contribution in [0, 0.1) is 11.3 Å². The number of nitriles is 1. The van der Waals surface area contributed by atoms with Crippen LogP contribution in [-0.4, -0.2) is 29.4 Å². The fourth-order valence-electron chi connectivity index (χ4n) is 3.49. The molecular weight excluding hydrogens is 438 g/mol. The lowest BCUT2D eigenvalue weighted by Crippen LogP contribution is -2.32. The number of hydrogen-bond donors (Lipinski definition) is 2. The maximum atomic E-state index is 12.3. The number of anilines is 1. The van der Waals surface area contributed by atoms with Crippen molar-refractivity contribution in [3.05, 3.63) is 76.6 Å². The molecule has 2 aromatic heterocycles. The minimum absolute atomic E-state index is 0.286. The summed E-state index contributed by atoms with van der Waals surface area (Å²) in [6, 6.07) is 6.04. The molecule has 0 bridgehead atoms. The van der Waals surface area contributed by atoms with Crippen molar-refractivity contribution in [3.8, 4) is 6.07 Å². The van der Waals surface area contributed by atoms with Crippen molar-refractivity contribution < 1.29 is 14.3 Å². The lowest BCUT2D eigenvalue weighted by molar-refractivity contribution is -0.111. The molecule has 1 unspecified atom stereocenters. The number of rotatable bonds is 8. The normalized spacial score (nSPS) is 15.4. The van der Waals surface area contributed by atoms with E-state index in [0.29, 0.717) is 41.9 Å². The zero-order valence-electron chi connectivity index (χ0n) is 18.3. The molecule has 3 rings (SSSR count). The summed E-state index contributed by atoms with van der Waals surface area (Å²) in [5.74, 6) is -0.366. The molecule has 170 valence electrons. The van der Waals surface area contributed by atoms with Crippen LogP contribution in [0.3, 0.4) is 0 Å². The van der Waals surface area contributed by atoms with E-state index in [4.69, 9.17) is 4.74 Å². The van der Waals surface area contributed by atoms with Gasteiger partial charge in [-0.15, -0.1) is 11.3 Å². The first-order chi connectivity index (χ1) is 15.9. The van der Waals surface area contributed by atoms with Crippen LogP contribution in [0.25, 0.3) is 0 Å². The zero-order chi connectivity index (χ0) is 23.8. The molecule has 0 saturated carbocycles. The molecule has 33 heavy (non-hydrogen) atoms. The fourth-order valence-corrected chi connectivity index (χ4v) is 4.76. The Labute approximate surface area is 196 Å². The van der Waals surface area contributed by atoms with Gasteiger partial charge in [-0.25, -0.2) is 4.79 Å². The predicted octanol–water partition coefficient (Wildman–Crippen LogP) is 4.01. The van der Waals surface area contributed by atoms with Gasteiger partial charge in [0.05, 0.1) is 12.1 Å². The first-order valence-corrected chi connectivity index (χ1v) is 11.1. The third kappa shape index (κ3) is 6.08. The van der Waals surface area contributed by atoms with Gasteiger partial charge >= 0.3 is 6.09 Å². The van der Waals surface area contributed by atoms with Crippen LogP contribution in [0.4, 0.5) is 9.80 Å². The largest absolute Gasteiger partial charge is 0.446 e. The van der Waals surface area contributed by atoms with Gasteiger partial charge < -0.3 is 19.9 Å². The summed E-state index contributed by atoms with van der Waals surface area (Å²) < 4.78 is 7.52. The van der Waals surface area contributed by atoms with Crippen molar-refractivity contribution in [2.45, 2.75) is 31.9 Å². The average molecular weight is 464 g/mol. The second-order valence-corrected chi connectivity index (χ2v) is 8.50. The standard InChI is InChI=1S/C24H25N5O3S/c1-4-16(14-26-2)7-10-22(30)28-23-20(13-25)19-9-8-18(12-21(19)33-23)32-24(31)27-15-17-6-5-11-29(17)3/h4-7,10-11,14,18H,1-2,8-9,12,15H2,3H3,(H,27,31)(H,28,30)/b10-7+,16-14+. The molecule has 2 aromatic rings. The zero-order valence-corrected chi connectivity index (χ0v) is 19.2. The highest BCUT2D eigenvalue weighted by Gasteiger charge is 2.28. The summed E-state index contributed by atoms with van der Waals surface area (Å²) in [7, 11) is 1.91. The molecule has 9 heteroatoms. The summed E-state index contributed by atoms with van der Waals surface area (Å²) in [6.07, 6.45) is 8.83. The van der Waals surface area contributed by atoms with Crippen LogP contribution in [0.5, 0.6) is 0 Å². The van der Waals surface area contributed by atoms with Crippen LogP contribution >= 0.6 is 11.3 Å². The smallest absolute Gasteiger partial charge is 0.407 e. The lowest BCUT2D eigenvalue weighted by Gasteiger charge is -2.22. The van der Waals surface area contributed by atoms with Crippen molar-refractivity contribution in [2.24, 2.45) is 12.0 Å². The van der Waals surface area contributed by atoms with E-state index in [2.05, 4.69) is 35.0 Å². The number of carbonyl (C=O) groups is 2. The molecule has 8 nitrogen and oxygen atoms in total. The minimum atomic E-state index is -0.472. The minimum Gasteiger partial charge on any atom is -0.446 e. The van der Waals surface area contributed by atoms with Gasteiger partial charge in [0.2, 0.25) is 5.91 Å². The van der Waals surface area contributed by atoms with E-state index in [9.17, 15) is 14.9 Å². The Morgan fingerprint density at radius 3 is 2.94 bits per heavy atom. The third-order valence-electron chi connectivity index (χ3n) is 5.21. The van der Waals surface area contributed by atoms with Crippen LogP contribution in [0.1, 0.15) is 28.1 Å². The van der Waals surface area contributed by atoms with E-state index in [-0.39, 0.29) is 12.0 Å². The van der Waals surface area contributed by atoms with E-state index in [1.165, 1.54) is 23.6 Å². The predicted molar refractivity (Wildman–Crippen MR) is 129 cm³/mol. The molecule has 0 saturated heterocycles. The van der Waals surface area contributed by atoms with Crippen molar-refractivity contribution in [1.82, 2.24) is 9.88 Å². The molecule has 0 spiro atoms. The van der Waals surface area contributed by atoms with Gasteiger partial charge in [0.25, 0.3) is 0 Å². The van der Waals surface area contributed by atoms with Crippen molar-refractivity contribution in [2.75, 3.05) is 5.32 Å². The summed E-state index contributed by atoms with van der Waals surface area (Å²) in [6.45, 7) is 7.40. The molecular formula is C24H25N5O3S. The van der Waals surface area contributed by atoms with E-state index in [1.807, 2.05) is 29.9 Å². The lowest BCUT2D eigenvalue weighted by atomic mass is 9.94. The summed E-state index contributed by atoms with van der Waals surface area (Å²) >= 11 is 1.34. The number of nitrogens with zero attached hydrogens (tertiary/aromatic N) is 3. The molecule has 2 heterocycles. The SMILES string of the molecule is C=CC(/C=C/C(=O)Nc1sc2c(c1C#N)CCC(OC(=O)NCc1cccn1C)C2)=C\N=C. The average Bonchev–Trinajstić information content (AvgIpc) is 3.36. The number of amides is 2. The van der Waals surface area contributed by atoms with Gasteiger partial charge in [0.15, 0.2) is 0 Å². The van der Waals surface area contributed by atoms with Gasteiger partial charge in [0.1, 0.15) is 17.2 Å². The van der Waals surface area contributed by atoms with E-state index < -0.39 is 6.09 Å². The van der Waals surface area contributed by atoms with Crippen molar-refractivity contribution in [1.29, 1.82) is 5.26 Å². The van der Waals surface area contributed by atoms with Crippen LogP contribution in [-0.2, 0) is 36.0 Å². The van der Waals surface area contributed by atoms with Crippen LogP contribution in [0.15, 0.2) is 59.9 Å². The number of allylic oxidation sites excluding steroid dienone is 3. The maximum Gasteiger partial charge on any atom is 0.407 e. The number of aliphatic imine (C=N–C) groups is 1. The van der Waals surface area contributed by atoms with Gasteiger partial charge in [-0.2, -0.15) is 5.26 Å². The number of hydrogen-bond acceptors (Lipinski definition) is 6. The second kappa shape index (κ2) is 11.1. The quantitative estimate of drug-likeness (QED) is 0.350. The van der Waals surface area contributed by atoms with Gasteiger partial charge in [0, 0.05) is 42.5 Å². The van der Waals surface area contributed by atoms with Crippen LogP contribution < -0.4 is 10.6 Å². The Kier molecular flexibility index (Phi) is 8.00. The Hall–Kier alpha value is -3.90. The monoisotopic (exact) mass is 463 g/mol. The first kappa shape index (κ1) is 23.8. The molecule has 1 atom stereocenters. The molecule has 0 aromatic carbocycles. The van der Waals surface area contributed by atoms with Gasteiger partial charge in [-0.3, -0.25) is 9.79 Å². The number of alkyl carbamates (subject to hydrolysis) is 1. The van der Waals surface area contributed by atoms with E-state index in [1.54, 1.807) is 12.2 Å². The summed E-state index contributed by atoms with van der Waals surface area (Å²) in [5, 5.41) is 15.7. The number of aromatic nitrogens is 1. The molecule has 2 N–H and O–H groups in total. The molecule has 0 radical (unpaired) electrons. The molecule has 1 aliphatic rings. The fraction of sp³-hybridized carbons (Fsp3) is 0.250. The molecule has 2 amide bonds. The maximum absolute atomic E-state index is 12.3. The highest BCUT2D eigenvalue weighted by molar-refractivity contribution is 7.16. The highest BCUT2D eigenvalue weighted by atomic mass is 32.1. The molecule has 0 fully saturated rings. The van der Waals surface area contributed by atoms with Crippen molar-refractivity contribution in [3.63, 3.8) is 0 Å². The second-order valence-electron chi connectivity index (χ2n) is 7.39. The number of nitrogens with one attached hydrogen (secondary N) is 2. The Morgan fingerprint density at radius 2 is 2.27 bits per heavy atom. The van der Waals surface area contributed by atoms with Gasteiger partial charge in [-0.1, -0.05) is 12.7 Å². The number of aryl methyl sites for hydroxylation is 1. The number of thiophene rings is 1. The van der Waals surface area contributed by atoms with Crippen molar-refractivity contribution >= 4 is 35.1 Å². The highest BCUT2D eigenvalue weighted by Crippen LogP contribution is 2.38. The van der Waals surface area contributed by atoms with E-state index in [0.717, 1.165) is 16.1 Å². The number of ether oxygens (including phenoxy) is 1. The Bertz CT molecular complexity index is 1170. The summed E-state index contributed by atoms with van der Waals surface area (Å²) in [4.78, 5) is 29.1. The molecule has 1 aliphatic carbocycles. The number of carbonyl (C=O) groups excluding carboxylic acids is 2. The van der Waals surface area contributed by atoms with Gasteiger partial charge in [-0.05, 0) is 48.9 Å². The Morgan fingerprint density at radius 1 is 1.45 bits per heavy atom. The Balaban J connectivity index is 1.61. The summed E-state index contributed by atoms with van der Waals surface area (Å²) in [5.41, 5.74) is 2.99. The van der Waals surface area contributed by atoms with Crippen LogP contribution in [0.2, 0.25) is 0 Å². The third-order valence-corrected chi connectivity index (χ3v) is 6.38. The first-order valence-electron chi connectivity index (χ1n) is 10.3. The number of fused-ring (bicyclic) bond motifs is 1. The molecule has 0 aliphatic heterocycles. The topological polar surface area (TPSA) is 109 Å². The van der Waals surface area contributed by atoms with E-state index >= 15 is 0 Å².